The first-order chi connectivity index (χ1) is 10.6. The van der Waals surface area contributed by atoms with E-state index in [2.05, 4.69) is 5.32 Å². The average Bonchev–Trinajstić information content (AvgIpc) is 2.72. The van der Waals surface area contributed by atoms with Crippen molar-refractivity contribution in [2.45, 2.75) is 18.9 Å². The monoisotopic (exact) mass is 379 g/mol. The van der Waals surface area contributed by atoms with E-state index in [4.69, 9.17) is 27.9 Å². The number of nitrogens with one attached hydrogen (secondary N) is 1. The molecular formula is C14H15Cl2NO5S. The zero-order valence-electron chi connectivity index (χ0n) is 12.3. The van der Waals surface area contributed by atoms with Crippen molar-refractivity contribution < 1.29 is 22.7 Å². The first kappa shape index (κ1) is 18.0. The van der Waals surface area contributed by atoms with Crippen LogP contribution < -0.4 is 5.32 Å². The van der Waals surface area contributed by atoms with E-state index >= 15 is 0 Å². The van der Waals surface area contributed by atoms with Gasteiger partial charge in [0.2, 0.25) is 0 Å². The van der Waals surface area contributed by atoms with Gasteiger partial charge in [-0.25, -0.2) is 13.2 Å². The van der Waals surface area contributed by atoms with Gasteiger partial charge in [0, 0.05) is 5.02 Å². The van der Waals surface area contributed by atoms with E-state index in [9.17, 15) is 18.0 Å². The van der Waals surface area contributed by atoms with Gasteiger partial charge < -0.3 is 10.1 Å². The van der Waals surface area contributed by atoms with Crippen LogP contribution >= 0.6 is 23.2 Å². The van der Waals surface area contributed by atoms with E-state index in [0.717, 1.165) is 0 Å². The van der Waals surface area contributed by atoms with Crippen molar-refractivity contribution in [3.8, 4) is 0 Å². The summed E-state index contributed by atoms with van der Waals surface area (Å²) in [4.78, 5) is 23.8. The number of hydrogen-bond donors (Lipinski definition) is 1. The first-order valence-electron chi connectivity index (χ1n) is 6.74. The zero-order chi connectivity index (χ0) is 17.3. The summed E-state index contributed by atoms with van der Waals surface area (Å²) in [6.07, 6.45) is 0.329. The highest BCUT2D eigenvalue weighted by atomic mass is 35.5. The molecule has 6 nitrogen and oxygen atoms in total. The van der Waals surface area contributed by atoms with Gasteiger partial charge >= 0.3 is 5.97 Å². The summed E-state index contributed by atoms with van der Waals surface area (Å²) in [6, 6.07) is 4.31. The van der Waals surface area contributed by atoms with Crippen LogP contribution in [0.25, 0.3) is 0 Å². The molecule has 1 heterocycles. The Kier molecular flexibility index (Phi) is 5.23. The van der Waals surface area contributed by atoms with Crippen LogP contribution in [0.15, 0.2) is 18.2 Å². The van der Waals surface area contributed by atoms with Gasteiger partial charge in [0.1, 0.15) is 0 Å². The molecule has 2 rings (SSSR count). The SMILES string of the molecule is C[C@@]1(NC(=O)COC(=O)c2cc(Cl)ccc2Cl)CCS(=O)(=O)C1. The molecule has 23 heavy (non-hydrogen) atoms. The van der Waals surface area contributed by atoms with Crippen molar-refractivity contribution in [3.63, 3.8) is 0 Å². The van der Waals surface area contributed by atoms with Crippen LogP contribution in [0.2, 0.25) is 10.0 Å². The van der Waals surface area contributed by atoms with Crippen LogP contribution in [0.3, 0.4) is 0 Å². The molecule has 1 amide bonds. The maximum Gasteiger partial charge on any atom is 0.340 e. The van der Waals surface area contributed by atoms with Crippen LogP contribution in [0.1, 0.15) is 23.7 Å². The third-order valence-electron chi connectivity index (χ3n) is 3.43. The number of halogens is 2. The number of carbonyl (C=O) groups excluding carboxylic acids is 2. The summed E-state index contributed by atoms with van der Waals surface area (Å²) in [5.74, 6) is -1.45. The molecule has 1 N–H and O–H groups in total. The summed E-state index contributed by atoms with van der Waals surface area (Å²) in [6.45, 7) is 1.11. The maximum atomic E-state index is 11.9. The van der Waals surface area contributed by atoms with Crippen LogP contribution in [0.5, 0.6) is 0 Å². The van der Waals surface area contributed by atoms with Crippen molar-refractivity contribution in [3.05, 3.63) is 33.8 Å². The minimum absolute atomic E-state index is 0.0295. The lowest BCUT2D eigenvalue weighted by Gasteiger charge is -2.23. The second kappa shape index (κ2) is 6.67. The molecule has 1 aliphatic heterocycles. The van der Waals surface area contributed by atoms with Gasteiger partial charge in [-0.1, -0.05) is 23.2 Å². The normalized spacial score (nSPS) is 22.6. The minimum Gasteiger partial charge on any atom is -0.452 e. The van der Waals surface area contributed by atoms with Crippen LogP contribution in [0.4, 0.5) is 0 Å². The number of sulfone groups is 1. The highest BCUT2D eigenvalue weighted by Gasteiger charge is 2.39. The second-order valence-electron chi connectivity index (χ2n) is 5.65. The van der Waals surface area contributed by atoms with Crippen LogP contribution in [0, 0.1) is 0 Å². The molecule has 0 spiro atoms. The molecule has 0 bridgehead atoms. The van der Waals surface area contributed by atoms with E-state index in [-0.39, 0.29) is 22.1 Å². The third kappa shape index (κ3) is 4.83. The number of hydrogen-bond acceptors (Lipinski definition) is 5. The summed E-state index contributed by atoms with van der Waals surface area (Å²) < 4.78 is 27.9. The molecule has 1 aromatic rings. The largest absolute Gasteiger partial charge is 0.452 e. The molecule has 0 saturated carbocycles. The quantitative estimate of drug-likeness (QED) is 0.806. The zero-order valence-corrected chi connectivity index (χ0v) is 14.6. The Balaban J connectivity index is 1.92. The van der Waals surface area contributed by atoms with E-state index in [1.54, 1.807) is 6.92 Å². The Bertz CT molecular complexity index is 750. The molecule has 0 radical (unpaired) electrons. The van der Waals surface area contributed by atoms with Crippen LogP contribution in [-0.2, 0) is 19.4 Å². The lowest BCUT2D eigenvalue weighted by molar-refractivity contribution is -0.125. The van der Waals surface area contributed by atoms with Gasteiger partial charge in [-0.15, -0.1) is 0 Å². The maximum absolute atomic E-state index is 11.9. The fourth-order valence-corrected chi connectivity index (χ4v) is 4.80. The van der Waals surface area contributed by atoms with Crippen molar-refractivity contribution in [2.24, 2.45) is 0 Å². The van der Waals surface area contributed by atoms with Gasteiger partial charge in [0.15, 0.2) is 16.4 Å². The smallest absolute Gasteiger partial charge is 0.340 e. The fraction of sp³-hybridized carbons (Fsp3) is 0.429. The van der Waals surface area contributed by atoms with Gasteiger partial charge in [0.25, 0.3) is 5.91 Å². The van der Waals surface area contributed by atoms with E-state index in [1.165, 1.54) is 18.2 Å². The molecule has 1 atom stereocenters. The van der Waals surface area contributed by atoms with Crippen molar-refractivity contribution in [1.29, 1.82) is 0 Å². The standard InChI is InChI=1S/C14H15Cl2NO5S/c1-14(4-5-23(20,21)8-14)17-12(18)7-22-13(19)10-6-9(15)2-3-11(10)16/h2-3,6H,4-5,7-8H2,1H3,(H,17,18)/t14-/m1/s1. The summed E-state index contributed by atoms with van der Waals surface area (Å²) >= 11 is 11.7. The van der Waals surface area contributed by atoms with Gasteiger partial charge in [-0.2, -0.15) is 0 Å². The number of carbonyl (C=O) groups is 2. The molecule has 126 valence electrons. The number of benzene rings is 1. The Morgan fingerprint density at radius 2 is 2.04 bits per heavy atom. The van der Waals surface area contributed by atoms with E-state index in [1.807, 2.05) is 0 Å². The molecule has 1 fully saturated rings. The lowest BCUT2D eigenvalue weighted by Crippen LogP contribution is -2.48. The number of rotatable bonds is 4. The summed E-state index contributed by atoms with van der Waals surface area (Å²) in [7, 11) is -3.14. The topological polar surface area (TPSA) is 89.5 Å². The van der Waals surface area contributed by atoms with Crippen molar-refractivity contribution >= 4 is 44.9 Å². The Morgan fingerprint density at radius 3 is 2.65 bits per heavy atom. The third-order valence-corrected chi connectivity index (χ3v) is 5.89. The Morgan fingerprint density at radius 1 is 1.35 bits per heavy atom. The number of amides is 1. The highest BCUT2D eigenvalue weighted by molar-refractivity contribution is 7.91. The summed E-state index contributed by atoms with van der Waals surface area (Å²) in [5.41, 5.74) is -0.780. The Labute approximate surface area is 144 Å². The Hall–Kier alpha value is -1.31. The van der Waals surface area contributed by atoms with Gasteiger partial charge in [0.05, 0.1) is 27.6 Å². The molecule has 1 aliphatic rings. The lowest BCUT2D eigenvalue weighted by atomic mass is 10.0. The summed E-state index contributed by atoms with van der Waals surface area (Å²) in [5, 5.41) is 3.06. The predicted octanol–water partition coefficient (Wildman–Crippen LogP) is 1.84. The van der Waals surface area contributed by atoms with Gasteiger partial charge in [-0.05, 0) is 31.5 Å². The number of ether oxygens (including phenoxy) is 1. The highest BCUT2D eigenvalue weighted by Crippen LogP contribution is 2.23. The van der Waals surface area contributed by atoms with E-state index in [0.29, 0.717) is 11.4 Å². The second-order valence-corrected chi connectivity index (χ2v) is 8.68. The minimum atomic E-state index is -3.14. The molecule has 9 heteroatoms. The molecule has 1 saturated heterocycles. The van der Waals surface area contributed by atoms with Gasteiger partial charge in [-0.3, -0.25) is 4.79 Å². The average molecular weight is 380 g/mol. The predicted molar refractivity (Wildman–Crippen MR) is 86.6 cm³/mol. The van der Waals surface area contributed by atoms with Crippen molar-refractivity contribution in [1.82, 2.24) is 5.32 Å². The van der Waals surface area contributed by atoms with Crippen molar-refractivity contribution in [2.75, 3.05) is 18.1 Å². The van der Waals surface area contributed by atoms with E-state index < -0.39 is 33.9 Å². The first-order valence-corrected chi connectivity index (χ1v) is 9.32. The molecular weight excluding hydrogens is 365 g/mol. The molecule has 0 aromatic heterocycles. The molecule has 0 aliphatic carbocycles. The molecule has 1 aromatic carbocycles. The van der Waals surface area contributed by atoms with Crippen LogP contribution in [-0.4, -0.2) is 43.9 Å². The molecule has 0 unspecified atom stereocenters. The number of esters is 1. The fourth-order valence-electron chi connectivity index (χ4n) is 2.34.